The second kappa shape index (κ2) is 11.8. The van der Waals surface area contributed by atoms with E-state index in [2.05, 4.69) is 20.3 Å². The van der Waals surface area contributed by atoms with E-state index in [1.807, 2.05) is 49.4 Å². The van der Waals surface area contributed by atoms with Gasteiger partial charge in [0.25, 0.3) is 5.91 Å². The van der Waals surface area contributed by atoms with Crippen LogP contribution < -0.4 is 15.3 Å². The Hall–Kier alpha value is -2.52. The maximum absolute atomic E-state index is 11.9. The average Bonchev–Trinajstić information content (AvgIpc) is 2.86. The number of carbonyl (C=O) groups excluding carboxylic acids is 1. The quantitative estimate of drug-likeness (QED) is 0.193. The highest BCUT2D eigenvalue weighted by atomic mass is 35.5. The van der Waals surface area contributed by atoms with E-state index in [9.17, 15) is 4.79 Å². The number of nitrogens with zero attached hydrogens (tertiary/aromatic N) is 4. The van der Waals surface area contributed by atoms with Gasteiger partial charge in [-0.05, 0) is 48.9 Å². The van der Waals surface area contributed by atoms with Gasteiger partial charge in [0.1, 0.15) is 11.0 Å². The molecule has 34 heavy (non-hydrogen) atoms. The Morgan fingerprint density at radius 1 is 1.00 bits per heavy atom. The Balaban J connectivity index is 1.34. The summed E-state index contributed by atoms with van der Waals surface area (Å²) in [6.07, 6.45) is 0. The first kappa shape index (κ1) is 24.6. The number of rotatable bonds is 8. The van der Waals surface area contributed by atoms with Crippen LogP contribution in [0.25, 0.3) is 0 Å². The van der Waals surface area contributed by atoms with E-state index in [-0.39, 0.29) is 5.91 Å². The number of anilines is 2. The molecular weight excluding hydrogens is 493 g/mol. The van der Waals surface area contributed by atoms with Crippen molar-refractivity contribution in [2.24, 2.45) is 0 Å². The zero-order valence-corrected chi connectivity index (χ0v) is 21.0. The Bertz CT molecular complexity index is 1110. The summed E-state index contributed by atoms with van der Waals surface area (Å²) in [5, 5.41) is 1.79. The minimum atomic E-state index is -0.264. The predicted octanol–water partition coefficient (Wildman–Crippen LogP) is 5.08. The number of halogens is 2. The van der Waals surface area contributed by atoms with Gasteiger partial charge in [-0.15, -0.1) is 0 Å². The van der Waals surface area contributed by atoms with Crippen LogP contribution in [0.1, 0.15) is 22.8 Å². The third kappa shape index (κ3) is 6.54. The molecule has 3 aromatic rings. The summed E-state index contributed by atoms with van der Waals surface area (Å²) >= 11 is 13.8. The third-order valence-electron chi connectivity index (χ3n) is 5.35. The standard InChI is InChI=1S/C24H25Cl2N5O2S/c1-2-33-29-23(32)18-5-3-17(4-6-18)16-34-24-27-21(26)15-22(28-24)31-13-11-30(12-14-31)20-9-7-19(25)8-10-20/h3-10,15H,2,11-14,16H2,1H3,(H,29,32). The molecule has 2 heterocycles. The van der Waals surface area contributed by atoms with Gasteiger partial charge in [-0.1, -0.05) is 47.1 Å². The number of benzene rings is 2. The van der Waals surface area contributed by atoms with Crippen LogP contribution in [0.4, 0.5) is 11.5 Å². The molecule has 178 valence electrons. The van der Waals surface area contributed by atoms with Gasteiger partial charge in [0, 0.05) is 54.3 Å². The molecule has 0 radical (unpaired) electrons. The molecule has 0 aliphatic carbocycles. The van der Waals surface area contributed by atoms with Crippen molar-refractivity contribution in [1.29, 1.82) is 0 Å². The molecule has 1 aliphatic heterocycles. The summed E-state index contributed by atoms with van der Waals surface area (Å²) < 4.78 is 0. The fourth-order valence-electron chi connectivity index (χ4n) is 3.55. The Morgan fingerprint density at radius 2 is 1.68 bits per heavy atom. The van der Waals surface area contributed by atoms with Crippen LogP contribution in [0.2, 0.25) is 10.2 Å². The van der Waals surface area contributed by atoms with Crippen molar-refractivity contribution in [2.45, 2.75) is 17.8 Å². The van der Waals surface area contributed by atoms with Crippen LogP contribution in [0.5, 0.6) is 0 Å². The van der Waals surface area contributed by atoms with Gasteiger partial charge >= 0.3 is 0 Å². The monoisotopic (exact) mass is 517 g/mol. The maximum atomic E-state index is 11.9. The second-order valence-electron chi connectivity index (χ2n) is 7.63. The lowest BCUT2D eigenvalue weighted by atomic mass is 10.1. The molecule has 1 amide bonds. The zero-order valence-electron chi connectivity index (χ0n) is 18.7. The number of nitrogens with one attached hydrogen (secondary N) is 1. The number of carbonyl (C=O) groups is 1. The summed E-state index contributed by atoms with van der Waals surface area (Å²) in [7, 11) is 0. The normalized spacial score (nSPS) is 13.7. The van der Waals surface area contributed by atoms with Crippen LogP contribution in [-0.4, -0.2) is 48.7 Å². The smallest absolute Gasteiger partial charge is 0.274 e. The minimum absolute atomic E-state index is 0.264. The summed E-state index contributed by atoms with van der Waals surface area (Å²) in [4.78, 5) is 30.6. The van der Waals surface area contributed by atoms with Crippen molar-refractivity contribution in [1.82, 2.24) is 15.4 Å². The Morgan fingerprint density at radius 3 is 2.35 bits per heavy atom. The van der Waals surface area contributed by atoms with Gasteiger partial charge in [-0.3, -0.25) is 9.63 Å². The number of hydrogen-bond donors (Lipinski definition) is 1. The lowest BCUT2D eigenvalue weighted by molar-refractivity contribution is 0.0364. The van der Waals surface area contributed by atoms with Gasteiger partial charge in [-0.25, -0.2) is 15.4 Å². The molecule has 1 fully saturated rings. The van der Waals surface area contributed by atoms with Crippen molar-refractivity contribution in [3.05, 3.63) is 75.9 Å². The molecule has 0 saturated carbocycles. The van der Waals surface area contributed by atoms with E-state index < -0.39 is 0 Å². The molecule has 10 heteroatoms. The lowest BCUT2D eigenvalue weighted by Gasteiger charge is -2.36. The summed E-state index contributed by atoms with van der Waals surface area (Å²) in [5.41, 5.74) is 5.16. The molecule has 1 aromatic heterocycles. The summed E-state index contributed by atoms with van der Waals surface area (Å²) in [5.74, 6) is 1.23. The van der Waals surface area contributed by atoms with E-state index >= 15 is 0 Å². The first-order valence-electron chi connectivity index (χ1n) is 11.0. The van der Waals surface area contributed by atoms with E-state index in [1.165, 1.54) is 17.4 Å². The second-order valence-corrected chi connectivity index (χ2v) is 9.40. The number of hydrogen-bond acceptors (Lipinski definition) is 7. The van der Waals surface area contributed by atoms with Crippen LogP contribution in [0.3, 0.4) is 0 Å². The fourth-order valence-corrected chi connectivity index (χ4v) is 4.72. The van der Waals surface area contributed by atoms with Gasteiger partial charge in [0.05, 0.1) is 6.61 Å². The number of piperazine rings is 1. The maximum Gasteiger partial charge on any atom is 0.274 e. The van der Waals surface area contributed by atoms with Crippen LogP contribution >= 0.6 is 35.0 Å². The minimum Gasteiger partial charge on any atom is -0.368 e. The van der Waals surface area contributed by atoms with E-state index in [0.29, 0.717) is 28.2 Å². The zero-order chi connectivity index (χ0) is 23.9. The van der Waals surface area contributed by atoms with Crippen molar-refractivity contribution >= 4 is 52.4 Å². The van der Waals surface area contributed by atoms with Gasteiger partial charge < -0.3 is 9.80 Å². The molecule has 4 rings (SSSR count). The molecule has 0 unspecified atom stereocenters. The highest BCUT2D eigenvalue weighted by molar-refractivity contribution is 7.98. The Kier molecular flexibility index (Phi) is 8.50. The SMILES string of the molecule is CCONC(=O)c1ccc(CSc2nc(Cl)cc(N3CCN(c4ccc(Cl)cc4)CC3)n2)cc1. The largest absolute Gasteiger partial charge is 0.368 e. The van der Waals surface area contributed by atoms with Crippen LogP contribution in [0.15, 0.2) is 59.8 Å². The number of aromatic nitrogens is 2. The number of amides is 1. The molecule has 7 nitrogen and oxygen atoms in total. The first-order chi connectivity index (χ1) is 16.5. The van der Waals surface area contributed by atoms with Gasteiger partial charge in [0.2, 0.25) is 0 Å². The predicted molar refractivity (Wildman–Crippen MR) is 138 cm³/mol. The van der Waals surface area contributed by atoms with E-state index in [0.717, 1.165) is 42.6 Å². The molecule has 0 bridgehead atoms. The molecule has 0 spiro atoms. The van der Waals surface area contributed by atoms with Gasteiger partial charge in [0.15, 0.2) is 5.16 Å². The van der Waals surface area contributed by atoms with Crippen molar-refractivity contribution in [3.63, 3.8) is 0 Å². The molecular formula is C24H25Cl2N5O2S. The molecule has 2 aromatic carbocycles. The summed E-state index contributed by atoms with van der Waals surface area (Å²) in [6, 6.07) is 17.1. The van der Waals surface area contributed by atoms with Crippen LogP contribution in [-0.2, 0) is 10.6 Å². The van der Waals surface area contributed by atoms with Crippen molar-refractivity contribution in [3.8, 4) is 0 Å². The molecule has 1 N–H and O–H groups in total. The number of thioether (sulfide) groups is 1. The molecule has 1 aliphatic rings. The highest BCUT2D eigenvalue weighted by Gasteiger charge is 2.20. The molecule has 0 atom stereocenters. The van der Waals surface area contributed by atoms with Gasteiger partial charge in [-0.2, -0.15) is 0 Å². The van der Waals surface area contributed by atoms with Crippen LogP contribution in [0, 0.1) is 0 Å². The van der Waals surface area contributed by atoms with E-state index in [4.69, 9.17) is 33.0 Å². The number of hydroxylamine groups is 1. The average molecular weight is 518 g/mol. The molecule has 1 saturated heterocycles. The fraction of sp³-hybridized carbons (Fsp3) is 0.292. The summed E-state index contributed by atoms with van der Waals surface area (Å²) in [6.45, 7) is 5.67. The topological polar surface area (TPSA) is 70.6 Å². The third-order valence-corrected chi connectivity index (χ3v) is 6.71. The lowest BCUT2D eigenvalue weighted by Crippen LogP contribution is -2.46. The first-order valence-corrected chi connectivity index (χ1v) is 12.7. The highest BCUT2D eigenvalue weighted by Crippen LogP contribution is 2.26. The van der Waals surface area contributed by atoms with Crippen molar-refractivity contribution in [2.75, 3.05) is 42.6 Å². The van der Waals surface area contributed by atoms with Crippen molar-refractivity contribution < 1.29 is 9.63 Å². The Labute approximate surface area is 213 Å². The van der Waals surface area contributed by atoms with E-state index in [1.54, 1.807) is 12.1 Å².